The molecular formula is C20H18ClN3O3S2. The number of nitro benzene ring substituents is 1. The van der Waals surface area contributed by atoms with Gasteiger partial charge < -0.3 is 4.90 Å². The zero-order valence-electron chi connectivity index (χ0n) is 15.8. The monoisotopic (exact) mass is 447 g/mol. The summed E-state index contributed by atoms with van der Waals surface area (Å²) >= 11 is 9.42. The third kappa shape index (κ3) is 5.56. The van der Waals surface area contributed by atoms with Crippen LogP contribution in [-0.2, 0) is 12.3 Å². The average molecular weight is 448 g/mol. The van der Waals surface area contributed by atoms with Gasteiger partial charge in [-0.05, 0) is 36.2 Å². The number of hydrogen-bond donors (Lipinski definition) is 0. The molecule has 1 amide bonds. The third-order valence-corrected chi connectivity index (χ3v) is 6.73. The number of thiazole rings is 1. The summed E-state index contributed by atoms with van der Waals surface area (Å²) in [5.74, 6) is 0.600. The Labute approximate surface area is 181 Å². The van der Waals surface area contributed by atoms with Gasteiger partial charge in [0.05, 0.1) is 4.92 Å². The number of nitro groups is 1. The summed E-state index contributed by atoms with van der Waals surface area (Å²) in [5, 5.41) is 13.4. The van der Waals surface area contributed by atoms with Crippen molar-refractivity contribution < 1.29 is 9.72 Å². The number of amides is 1. The van der Waals surface area contributed by atoms with E-state index in [1.54, 1.807) is 42.3 Å². The molecule has 29 heavy (non-hydrogen) atoms. The molecule has 0 saturated heterocycles. The summed E-state index contributed by atoms with van der Waals surface area (Å²) in [5.41, 5.74) is 3.15. The molecule has 0 atom stereocenters. The molecular weight excluding hydrogens is 430 g/mol. The van der Waals surface area contributed by atoms with E-state index in [0.29, 0.717) is 16.1 Å². The van der Waals surface area contributed by atoms with E-state index >= 15 is 0 Å². The van der Waals surface area contributed by atoms with Gasteiger partial charge in [0.2, 0.25) is 0 Å². The van der Waals surface area contributed by atoms with Gasteiger partial charge in [0.1, 0.15) is 4.34 Å². The summed E-state index contributed by atoms with van der Waals surface area (Å²) in [6.07, 6.45) is 0. The third-order valence-electron chi connectivity index (χ3n) is 4.16. The number of rotatable bonds is 7. The van der Waals surface area contributed by atoms with Gasteiger partial charge in [0.25, 0.3) is 11.6 Å². The molecule has 0 spiro atoms. The molecule has 0 radical (unpaired) electrons. The standard InChI is InChI=1S/C20H18ClN3O3S2/c1-13-11-28-20(22-13)29-12-14-3-5-15(6-4-14)19(25)23(2)10-16-9-17(24(26)27)7-8-18(16)21/h3-9,11H,10,12H2,1-2H3. The van der Waals surface area contributed by atoms with Crippen LogP contribution in [0.15, 0.2) is 52.2 Å². The van der Waals surface area contributed by atoms with E-state index in [9.17, 15) is 14.9 Å². The SMILES string of the molecule is Cc1csc(SCc2ccc(C(=O)N(C)Cc3cc([N+](=O)[O-])ccc3Cl)cc2)n1. The lowest BCUT2D eigenvalue weighted by Gasteiger charge is -2.18. The van der Waals surface area contributed by atoms with Gasteiger partial charge >= 0.3 is 0 Å². The topological polar surface area (TPSA) is 76.3 Å². The quantitative estimate of drug-likeness (QED) is 0.268. The van der Waals surface area contributed by atoms with Gasteiger partial charge in [0, 0.05) is 53.1 Å². The molecule has 1 aromatic heterocycles. The maximum atomic E-state index is 12.7. The number of aryl methyl sites for hydroxylation is 1. The predicted molar refractivity (Wildman–Crippen MR) is 117 cm³/mol. The number of hydrogen-bond acceptors (Lipinski definition) is 6. The van der Waals surface area contributed by atoms with Gasteiger partial charge in [0.15, 0.2) is 0 Å². The lowest BCUT2D eigenvalue weighted by atomic mass is 10.1. The number of aromatic nitrogens is 1. The van der Waals surface area contributed by atoms with Gasteiger partial charge in [-0.1, -0.05) is 35.5 Å². The Bertz CT molecular complexity index is 1040. The maximum absolute atomic E-state index is 12.7. The molecule has 0 N–H and O–H groups in total. The molecule has 0 saturated carbocycles. The minimum Gasteiger partial charge on any atom is -0.337 e. The van der Waals surface area contributed by atoms with Crippen molar-refractivity contribution in [2.45, 2.75) is 23.6 Å². The highest BCUT2D eigenvalue weighted by Gasteiger charge is 2.16. The van der Waals surface area contributed by atoms with Crippen LogP contribution in [0.25, 0.3) is 0 Å². The van der Waals surface area contributed by atoms with Gasteiger partial charge in [-0.3, -0.25) is 14.9 Å². The Morgan fingerprint density at radius 3 is 2.62 bits per heavy atom. The average Bonchev–Trinajstić information content (AvgIpc) is 3.13. The van der Waals surface area contributed by atoms with Gasteiger partial charge in [-0.25, -0.2) is 4.98 Å². The molecule has 3 aromatic rings. The van der Waals surface area contributed by atoms with E-state index in [4.69, 9.17) is 11.6 Å². The van der Waals surface area contributed by atoms with Crippen LogP contribution < -0.4 is 0 Å². The van der Waals surface area contributed by atoms with Crippen molar-refractivity contribution in [1.29, 1.82) is 0 Å². The number of thioether (sulfide) groups is 1. The molecule has 0 bridgehead atoms. The van der Waals surface area contributed by atoms with Crippen LogP contribution >= 0.6 is 34.7 Å². The maximum Gasteiger partial charge on any atom is 0.269 e. The predicted octanol–water partition coefficient (Wildman–Crippen LogP) is 5.58. The van der Waals surface area contributed by atoms with Crippen molar-refractivity contribution in [2.75, 3.05) is 7.05 Å². The molecule has 9 heteroatoms. The van der Waals surface area contributed by atoms with E-state index in [2.05, 4.69) is 4.98 Å². The van der Waals surface area contributed by atoms with Crippen molar-refractivity contribution in [1.82, 2.24) is 9.88 Å². The number of nitrogens with zero attached hydrogens (tertiary/aromatic N) is 3. The van der Waals surface area contributed by atoms with Crippen LogP contribution in [0.3, 0.4) is 0 Å². The van der Waals surface area contributed by atoms with E-state index in [1.807, 2.05) is 24.4 Å². The van der Waals surface area contributed by atoms with Crippen LogP contribution in [0.2, 0.25) is 5.02 Å². The molecule has 3 rings (SSSR count). The van der Waals surface area contributed by atoms with Crippen molar-refractivity contribution in [3.05, 3.63) is 85.4 Å². The second-order valence-corrected chi connectivity index (χ2v) is 8.92. The van der Waals surface area contributed by atoms with Crippen LogP contribution in [0.1, 0.15) is 27.2 Å². The highest BCUT2D eigenvalue weighted by atomic mass is 35.5. The number of halogens is 1. The highest BCUT2D eigenvalue weighted by molar-refractivity contribution is 8.00. The fourth-order valence-corrected chi connectivity index (χ4v) is 4.61. The fourth-order valence-electron chi connectivity index (χ4n) is 2.63. The van der Waals surface area contributed by atoms with Crippen molar-refractivity contribution in [2.24, 2.45) is 0 Å². The Morgan fingerprint density at radius 2 is 2.00 bits per heavy atom. The summed E-state index contributed by atoms with van der Waals surface area (Å²) in [6.45, 7) is 2.15. The van der Waals surface area contributed by atoms with E-state index in [-0.39, 0.29) is 18.1 Å². The molecule has 0 fully saturated rings. The number of carbonyl (C=O) groups excluding carboxylic acids is 1. The molecule has 2 aromatic carbocycles. The second-order valence-electron chi connectivity index (χ2n) is 6.43. The lowest BCUT2D eigenvalue weighted by molar-refractivity contribution is -0.384. The second kappa shape index (κ2) is 9.39. The zero-order chi connectivity index (χ0) is 21.0. The normalized spacial score (nSPS) is 10.7. The van der Waals surface area contributed by atoms with E-state index in [0.717, 1.165) is 21.3 Å². The summed E-state index contributed by atoms with van der Waals surface area (Å²) in [4.78, 5) is 29.1. The van der Waals surface area contributed by atoms with E-state index in [1.165, 1.54) is 23.1 Å². The first-order chi connectivity index (χ1) is 13.8. The van der Waals surface area contributed by atoms with Crippen LogP contribution in [0.4, 0.5) is 5.69 Å². The lowest BCUT2D eigenvalue weighted by Crippen LogP contribution is -2.26. The molecule has 6 nitrogen and oxygen atoms in total. The summed E-state index contributed by atoms with van der Waals surface area (Å²) in [7, 11) is 1.64. The molecule has 150 valence electrons. The Balaban J connectivity index is 1.63. The van der Waals surface area contributed by atoms with Crippen molar-refractivity contribution >= 4 is 46.3 Å². The highest BCUT2D eigenvalue weighted by Crippen LogP contribution is 2.26. The number of benzene rings is 2. The minimum atomic E-state index is -0.481. The number of non-ortho nitro benzene ring substituents is 1. The first-order valence-corrected chi connectivity index (χ1v) is 10.9. The zero-order valence-corrected chi connectivity index (χ0v) is 18.2. The summed E-state index contributed by atoms with van der Waals surface area (Å²) in [6, 6.07) is 11.6. The van der Waals surface area contributed by atoms with Gasteiger partial charge in [-0.15, -0.1) is 11.3 Å². The number of carbonyl (C=O) groups is 1. The van der Waals surface area contributed by atoms with Crippen LogP contribution in [0, 0.1) is 17.0 Å². The largest absolute Gasteiger partial charge is 0.337 e. The Morgan fingerprint density at radius 1 is 1.28 bits per heavy atom. The molecule has 0 aliphatic heterocycles. The van der Waals surface area contributed by atoms with Gasteiger partial charge in [-0.2, -0.15) is 0 Å². The Kier molecular flexibility index (Phi) is 6.89. The summed E-state index contributed by atoms with van der Waals surface area (Å²) < 4.78 is 1.02. The minimum absolute atomic E-state index is 0.0532. The van der Waals surface area contributed by atoms with Crippen LogP contribution in [0.5, 0.6) is 0 Å². The molecule has 1 heterocycles. The Hall–Kier alpha value is -2.42. The smallest absolute Gasteiger partial charge is 0.269 e. The van der Waals surface area contributed by atoms with Crippen LogP contribution in [-0.4, -0.2) is 27.8 Å². The van der Waals surface area contributed by atoms with E-state index < -0.39 is 4.92 Å². The first kappa shape index (κ1) is 21.3. The van der Waals surface area contributed by atoms with Crippen molar-refractivity contribution in [3.63, 3.8) is 0 Å². The molecule has 0 aliphatic carbocycles. The fraction of sp³-hybridized carbons (Fsp3) is 0.200. The first-order valence-electron chi connectivity index (χ1n) is 8.65. The van der Waals surface area contributed by atoms with Crippen molar-refractivity contribution in [3.8, 4) is 0 Å². The molecule has 0 unspecified atom stereocenters. The molecule has 0 aliphatic rings.